The van der Waals surface area contributed by atoms with Crippen molar-refractivity contribution in [2.75, 3.05) is 13.1 Å². The van der Waals surface area contributed by atoms with Crippen LogP contribution in [0.4, 0.5) is 0 Å². The summed E-state index contributed by atoms with van der Waals surface area (Å²) < 4.78 is 2.00. The number of rotatable bonds is 1. The van der Waals surface area contributed by atoms with Crippen LogP contribution >= 0.6 is 0 Å². The number of carbonyl (C=O) groups excluding carboxylic acids is 1. The lowest BCUT2D eigenvalue weighted by atomic mass is 9.98. The van der Waals surface area contributed by atoms with E-state index in [1.807, 2.05) is 48.6 Å². The molecule has 1 N–H and O–H groups in total. The summed E-state index contributed by atoms with van der Waals surface area (Å²) in [7, 11) is 1.96. The second-order valence-electron chi connectivity index (χ2n) is 6.56. The van der Waals surface area contributed by atoms with Crippen molar-refractivity contribution in [2.24, 2.45) is 7.05 Å². The molecule has 2 heterocycles. The molecule has 1 saturated heterocycles. The summed E-state index contributed by atoms with van der Waals surface area (Å²) in [6, 6.07) is 5.67. The summed E-state index contributed by atoms with van der Waals surface area (Å²) in [5.74, 6) is 0.976. The van der Waals surface area contributed by atoms with Gasteiger partial charge in [-0.05, 0) is 51.3 Å². The molecule has 1 aliphatic heterocycles. The van der Waals surface area contributed by atoms with E-state index >= 15 is 0 Å². The van der Waals surface area contributed by atoms with E-state index in [1.165, 1.54) is 0 Å². The standard InChI is InChI=1S/C17H23N3O2/c1-12-18-14-6-5-13(11-15(14)19(12)3)16(21)20-9-4-7-17(2,22)8-10-20/h5-6,11,22H,4,7-10H2,1-3H3. The number of fused-ring (bicyclic) bond motifs is 1. The molecule has 1 fully saturated rings. The summed E-state index contributed by atoms with van der Waals surface area (Å²) in [5.41, 5.74) is 1.93. The molecule has 1 aromatic carbocycles. The van der Waals surface area contributed by atoms with Crippen molar-refractivity contribution in [3.8, 4) is 0 Å². The number of benzene rings is 1. The first-order valence-electron chi connectivity index (χ1n) is 7.82. The Morgan fingerprint density at radius 3 is 2.86 bits per heavy atom. The van der Waals surface area contributed by atoms with Gasteiger partial charge in [0.2, 0.25) is 0 Å². The van der Waals surface area contributed by atoms with Gasteiger partial charge in [0.25, 0.3) is 5.91 Å². The lowest BCUT2D eigenvalue weighted by molar-refractivity contribution is 0.0438. The topological polar surface area (TPSA) is 58.4 Å². The predicted molar refractivity (Wildman–Crippen MR) is 85.8 cm³/mol. The molecule has 5 heteroatoms. The van der Waals surface area contributed by atoms with Gasteiger partial charge in [-0.15, -0.1) is 0 Å². The molecule has 22 heavy (non-hydrogen) atoms. The molecular weight excluding hydrogens is 278 g/mol. The summed E-state index contributed by atoms with van der Waals surface area (Å²) in [5, 5.41) is 10.2. The highest BCUT2D eigenvalue weighted by Crippen LogP contribution is 2.23. The van der Waals surface area contributed by atoms with Gasteiger partial charge in [-0.3, -0.25) is 4.79 Å². The molecule has 1 atom stereocenters. The van der Waals surface area contributed by atoms with Crippen LogP contribution in [0.1, 0.15) is 42.4 Å². The lowest BCUT2D eigenvalue weighted by Crippen LogP contribution is -2.33. The number of amides is 1. The van der Waals surface area contributed by atoms with Gasteiger partial charge in [0.1, 0.15) is 5.82 Å². The molecule has 0 radical (unpaired) electrons. The average molecular weight is 301 g/mol. The summed E-state index contributed by atoms with van der Waals surface area (Å²) in [4.78, 5) is 19.1. The van der Waals surface area contributed by atoms with Crippen molar-refractivity contribution in [3.63, 3.8) is 0 Å². The van der Waals surface area contributed by atoms with Gasteiger partial charge in [-0.2, -0.15) is 0 Å². The first-order valence-corrected chi connectivity index (χ1v) is 7.82. The monoisotopic (exact) mass is 301 g/mol. The van der Waals surface area contributed by atoms with E-state index in [1.54, 1.807) is 0 Å². The largest absolute Gasteiger partial charge is 0.390 e. The van der Waals surface area contributed by atoms with Crippen molar-refractivity contribution in [1.29, 1.82) is 0 Å². The van der Waals surface area contributed by atoms with Crippen molar-refractivity contribution < 1.29 is 9.90 Å². The number of hydrogen-bond donors (Lipinski definition) is 1. The minimum absolute atomic E-state index is 0.0402. The van der Waals surface area contributed by atoms with Crippen molar-refractivity contribution >= 4 is 16.9 Å². The SMILES string of the molecule is Cc1nc2ccc(C(=O)N3CCCC(C)(O)CC3)cc2n1C. The van der Waals surface area contributed by atoms with Crippen LogP contribution in [0.3, 0.4) is 0 Å². The zero-order chi connectivity index (χ0) is 15.9. The van der Waals surface area contributed by atoms with Crippen LogP contribution < -0.4 is 0 Å². The van der Waals surface area contributed by atoms with Crippen LogP contribution in [-0.4, -0.2) is 44.2 Å². The van der Waals surface area contributed by atoms with E-state index in [0.717, 1.165) is 29.7 Å². The maximum Gasteiger partial charge on any atom is 0.253 e. The van der Waals surface area contributed by atoms with Gasteiger partial charge >= 0.3 is 0 Å². The average Bonchev–Trinajstić information content (AvgIpc) is 2.65. The predicted octanol–water partition coefficient (Wildman–Crippen LogP) is 2.26. The quantitative estimate of drug-likeness (QED) is 0.879. The Balaban J connectivity index is 1.87. The highest BCUT2D eigenvalue weighted by molar-refractivity contribution is 5.97. The van der Waals surface area contributed by atoms with Crippen LogP contribution in [0, 0.1) is 6.92 Å². The third-order valence-electron chi connectivity index (χ3n) is 4.70. The van der Waals surface area contributed by atoms with E-state index in [0.29, 0.717) is 25.1 Å². The molecule has 0 saturated carbocycles. The molecule has 1 unspecified atom stereocenters. The van der Waals surface area contributed by atoms with Crippen molar-refractivity contribution in [3.05, 3.63) is 29.6 Å². The third kappa shape index (κ3) is 2.73. The maximum atomic E-state index is 12.7. The Morgan fingerprint density at radius 2 is 2.09 bits per heavy atom. The molecule has 2 aromatic rings. The number of aryl methyl sites for hydroxylation is 2. The van der Waals surface area contributed by atoms with Gasteiger partial charge < -0.3 is 14.6 Å². The second kappa shape index (κ2) is 5.39. The van der Waals surface area contributed by atoms with E-state index in [2.05, 4.69) is 4.98 Å². The first kappa shape index (κ1) is 15.0. The molecule has 0 bridgehead atoms. The molecule has 0 aliphatic carbocycles. The Kier molecular flexibility index (Phi) is 3.68. The number of imidazole rings is 1. The van der Waals surface area contributed by atoms with Crippen molar-refractivity contribution in [1.82, 2.24) is 14.5 Å². The molecular formula is C17H23N3O2. The molecule has 1 aromatic heterocycles. The number of nitrogens with zero attached hydrogens (tertiary/aromatic N) is 3. The minimum atomic E-state index is -0.655. The zero-order valence-corrected chi connectivity index (χ0v) is 13.5. The Bertz CT molecular complexity index is 718. The summed E-state index contributed by atoms with van der Waals surface area (Å²) >= 11 is 0. The molecule has 0 spiro atoms. The fourth-order valence-corrected chi connectivity index (χ4v) is 3.09. The van der Waals surface area contributed by atoms with Gasteiger partial charge in [-0.25, -0.2) is 4.98 Å². The highest BCUT2D eigenvalue weighted by Gasteiger charge is 2.27. The van der Waals surface area contributed by atoms with E-state index in [4.69, 9.17) is 0 Å². The number of hydrogen-bond acceptors (Lipinski definition) is 3. The second-order valence-corrected chi connectivity index (χ2v) is 6.56. The molecule has 1 aliphatic rings. The first-order chi connectivity index (χ1) is 10.4. The van der Waals surface area contributed by atoms with Gasteiger partial charge in [-0.1, -0.05) is 0 Å². The van der Waals surface area contributed by atoms with Crippen LogP contribution in [0.5, 0.6) is 0 Å². The molecule has 5 nitrogen and oxygen atoms in total. The Hall–Kier alpha value is -1.88. The lowest BCUT2D eigenvalue weighted by Gasteiger charge is -2.22. The number of aliphatic hydroxyl groups is 1. The van der Waals surface area contributed by atoms with Gasteiger partial charge in [0.05, 0.1) is 16.6 Å². The third-order valence-corrected chi connectivity index (χ3v) is 4.70. The van der Waals surface area contributed by atoms with Crippen molar-refractivity contribution in [2.45, 2.75) is 38.7 Å². The van der Waals surface area contributed by atoms with E-state index < -0.39 is 5.60 Å². The van der Waals surface area contributed by atoms with Crippen LogP contribution in [0.15, 0.2) is 18.2 Å². The minimum Gasteiger partial charge on any atom is -0.390 e. The number of likely N-dealkylation sites (tertiary alicyclic amines) is 1. The van der Waals surface area contributed by atoms with Gasteiger partial charge in [0.15, 0.2) is 0 Å². The fraction of sp³-hybridized carbons (Fsp3) is 0.529. The van der Waals surface area contributed by atoms with Gasteiger partial charge in [0, 0.05) is 25.7 Å². The number of aromatic nitrogens is 2. The van der Waals surface area contributed by atoms with E-state index in [9.17, 15) is 9.90 Å². The summed E-state index contributed by atoms with van der Waals surface area (Å²) in [6.07, 6.45) is 2.22. The smallest absolute Gasteiger partial charge is 0.253 e. The molecule has 3 rings (SSSR count). The maximum absolute atomic E-state index is 12.7. The van der Waals surface area contributed by atoms with Crippen LogP contribution in [0.2, 0.25) is 0 Å². The van der Waals surface area contributed by atoms with Crippen LogP contribution in [0.25, 0.3) is 11.0 Å². The summed E-state index contributed by atoms with van der Waals surface area (Å²) in [6.45, 7) is 5.12. The fourth-order valence-electron chi connectivity index (χ4n) is 3.09. The zero-order valence-electron chi connectivity index (χ0n) is 13.5. The Labute approximate surface area is 130 Å². The Morgan fingerprint density at radius 1 is 1.32 bits per heavy atom. The van der Waals surface area contributed by atoms with E-state index in [-0.39, 0.29) is 5.91 Å². The van der Waals surface area contributed by atoms with Crippen LogP contribution in [-0.2, 0) is 7.05 Å². The highest BCUT2D eigenvalue weighted by atomic mass is 16.3. The molecule has 1 amide bonds. The normalized spacial score (nSPS) is 22.8. The molecule has 118 valence electrons. The number of carbonyl (C=O) groups is 1.